The number of alkyl halides is 1. The second-order valence-corrected chi connectivity index (χ2v) is 7.53. The molecule has 2 saturated carbocycles. The monoisotopic (exact) mass is 308 g/mol. The van der Waals surface area contributed by atoms with Crippen molar-refractivity contribution in [2.45, 2.75) is 44.5 Å². The van der Waals surface area contributed by atoms with E-state index in [1.165, 1.54) is 31.2 Å². The second kappa shape index (κ2) is 4.38. The zero-order chi connectivity index (χ0) is 13.9. The fourth-order valence-electron chi connectivity index (χ4n) is 3.46. The molecule has 0 N–H and O–H groups in total. The van der Waals surface area contributed by atoms with Gasteiger partial charge in [-0.15, -0.1) is 11.6 Å². The van der Waals surface area contributed by atoms with Crippen molar-refractivity contribution in [3.8, 4) is 0 Å². The molecule has 4 rings (SSSR count). The lowest BCUT2D eigenvalue weighted by atomic mass is 10.0. The Morgan fingerprint density at radius 2 is 2.15 bits per heavy atom. The van der Waals surface area contributed by atoms with Gasteiger partial charge in [0.05, 0.1) is 16.4 Å². The third kappa shape index (κ3) is 2.05. The molecule has 1 unspecified atom stereocenters. The van der Waals surface area contributed by atoms with Crippen LogP contribution in [-0.4, -0.2) is 9.55 Å². The molecule has 4 heteroatoms. The maximum absolute atomic E-state index is 6.35. The smallest absolute Gasteiger partial charge is 0.127 e. The van der Waals surface area contributed by atoms with Gasteiger partial charge < -0.3 is 4.57 Å². The Labute approximate surface area is 129 Å². The molecular weight excluding hydrogens is 291 g/mol. The molecule has 2 aliphatic carbocycles. The standard InChI is InChI=1S/C16H18Cl2N2/c1-10(17)15-19-13-8-12(18)4-5-14(13)20(15)9-16(6-7-16)11-2-3-11/h4-5,8,10-11H,2-3,6-7,9H2,1H3. The van der Waals surface area contributed by atoms with Crippen molar-refractivity contribution >= 4 is 34.2 Å². The normalized spacial score (nSPS) is 22.1. The molecule has 1 atom stereocenters. The van der Waals surface area contributed by atoms with Crippen molar-refractivity contribution in [1.29, 1.82) is 0 Å². The number of hydrogen-bond acceptors (Lipinski definition) is 1. The summed E-state index contributed by atoms with van der Waals surface area (Å²) in [6.45, 7) is 3.07. The number of benzene rings is 1. The lowest BCUT2D eigenvalue weighted by Gasteiger charge is -2.18. The minimum absolute atomic E-state index is 0.0730. The Kier molecular flexibility index (Phi) is 2.84. The van der Waals surface area contributed by atoms with Crippen LogP contribution >= 0.6 is 23.2 Å². The van der Waals surface area contributed by atoms with Gasteiger partial charge in [-0.1, -0.05) is 11.6 Å². The van der Waals surface area contributed by atoms with E-state index in [4.69, 9.17) is 28.2 Å². The maximum atomic E-state index is 6.35. The Bertz CT molecular complexity index is 666. The minimum Gasteiger partial charge on any atom is -0.326 e. The number of fused-ring (bicyclic) bond motifs is 1. The average Bonchev–Trinajstić information content (AvgIpc) is 3.27. The zero-order valence-corrected chi connectivity index (χ0v) is 13.1. The number of aromatic nitrogens is 2. The first-order chi connectivity index (χ1) is 9.59. The van der Waals surface area contributed by atoms with Crippen LogP contribution in [0.15, 0.2) is 18.2 Å². The van der Waals surface area contributed by atoms with Gasteiger partial charge in [-0.05, 0) is 62.1 Å². The zero-order valence-electron chi connectivity index (χ0n) is 11.6. The van der Waals surface area contributed by atoms with Gasteiger partial charge in [0.2, 0.25) is 0 Å². The van der Waals surface area contributed by atoms with Crippen molar-refractivity contribution in [3.05, 3.63) is 29.0 Å². The van der Waals surface area contributed by atoms with E-state index in [1.54, 1.807) is 0 Å². The summed E-state index contributed by atoms with van der Waals surface area (Å²) in [5.41, 5.74) is 2.67. The van der Waals surface area contributed by atoms with Crippen LogP contribution in [0, 0.1) is 11.3 Å². The predicted molar refractivity (Wildman–Crippen MR) is 83.4 cm³/mol. The molecule has 1 heterocycles. The molecule has 2 aliphatic rings. The number of imidazole rings is 1. The highest BCUT2D eigenvalue weighted by atomic mass is 35.5. The highest BCUT2D eigenvalue weighted by molar-refractivity contribution is 6.31. The maximum Gasteiger partial charge on any atom is 0.127 e. The van der Waals surface area contributed by atoms with E-state index in [1.807, 2.05) is 19.1 Å². The molecule has 20 heavy (non-hydrogen) atoms. The molecule has 106 valence electrons. The topological polar surface area (TPSA) is 17.8 Å². The van der Waals surface area contributed by atoms with Crippen LogP contribution in [0.4, 0.5) is 0 Å². The molecule has 0 bridgehead atoms. The number of hydrogen-bond donors (Lipinski definition) is 0. The quantitative estimate of drug-likeness (QED) is 0.712. The van der Waals surface area contributed by atoms with Gasteiger partial charge in [-0.25, -0.2) is 4.98 Å². The summed E-state index contributed by atoms with van der Waals surface area (Å²) in [5.74, 6) is 1.92. The SMILES string of the molecule is CC(Cl)c1nc2cc(Cl)ccc2n1CC1(C2CC2)CC1. The molecule has 2 fully saturated rings. The summed E-state index contributed by atoms with van der Waals surface area (Å²) in [7, 11) is 0. The lowest BCUT2D eigenvalue weighted by molar-refractivity contribution is 0.369. The van der Waals surface area contributed by atoms with Gasteiger partial charge in [-0.3, -0.25) is 0 Å². The molecule has 0 saturated heterocycles. The van der Waals surface area contributed by atoms with E-state index in [0.717, 1.165) is 28.8 Å². The molecule has 2 aromatic rings. The summed E-state index contributed by atoms with van der Waals surface area (Å²) < 4.78 is 2.34. The van der Waals surface area contributed by atoms with Gasteiger partial charge in [0.25, 0.3) is 0 Å². The molecule has 0 amide bonds. The summed E-state index contributed by atoms with van der Waals surface area (Å²) >= 11 is 12.4. The fraction of sp³-hybridized carbons (Fsp3) is 0.562. The molecule has 0 spiro atoms. The van der Waals surface area contributed by atoms with Gasteiger partial charge in [0, 0.05) is 11.6 Å². The van der Waals surface area contributed by atoms with Crippen LogP contribution in [0.3, 0.4) is 0 Å². The van der Waals surface area contributed by atoms with E-state index in [9.17, 15) is 0 Å². The Morgan fingerprint density at radius 3 is 2.75 bits per heavy atom. The molecule has 0 aliphatic heterocycles. The summed E-state index contributed by atoms with van der Waals surface area (Å²) in [5, 5.41) is 0.662. The summed E-state index contributed by atoms with van der Waals surface area (Å²) in [4.78, 5) is 4.71. The fourth-order valence-corrected chi connectivity index (χ4v) is 3.79. The largest absolute Gasteiger partial charge is 0.326 e. The third-order valence-corrected chi connectivity index (χ3v) is 5.33. The van der Waals surface area contributed by atoms with Gasteiger partial charge in [0.1, 0.15) is 5.82 Å². The number of halogens is 2. The van der Waals surface area contributed by atoms with Crippen molar-refractivity contribution in [2.24, 2.45) is 11.3 Å². The van der Waals surface area contributed by atoms with Gasteiger partial charge >= 0.3 is 0 Å². The highest BCUT2D eigenvalue weighted by Gasteiger charge is 2.54. The molecule has 1 aromatic heterocycles. The highest BCUT2D eigenvalue weighted by Crippen LogP contribution is 2.62. The first-order valence-corrected chi connectivity index (χ1v) is 8.20. The summed E-state index contributed by atoms with van der Waals surface area (Å²) in [6, 6.07) is 5.96. The van der Waals surface area contributed by atoms with Crippen molar-refractivity contribution < 1.29 is 0 Å². The van der Waals surface area contributed by atoms with E-state index >= 15 is 0 Å². The molecule has 1 aromatic carbocycles. The van der Waals surface area contributed by atoms with Crippen LogP contribution < -0.4 is 0 Å². The average molecular weight is 309 g/mol. The Hall–Kier alpha value is -0.730. The van der Waals surface area contributed by atoms with Gasteiger partial charge in [-0.2, -0.15) is 0 Å². The van der Waals surface area contributed by atoms with E-state index in [2.05, 4.69) is 10.6 Å². The van der Waals surface area contributed by atoms with Crippen LogP contribution in [0.1, 0.15) is 43.8 Å². The number of rotatable bonds is 4. The van der Waals surface area contributed by atoms with E-state index in [-0.39, 0.29) is 5.38 Å². The van der Waals surface area contributed by atoms with E-state index < -0.39 is 0 Å². The second-order valence-electron chi connectivity index (χ2n) is 6.44. The van der Waals surface area contributed by atoms with Crippen molar-refractivity contribution in [1.82, 2.24) is 9.55 Å². The van der Waals surface area contributed by atoms with Crippen LogP contribution in [-0.2, 0) is 6.54 Å². The Balaban J connectivity index is 1.81. The first-order valence-electron chi connectivity index (χ1n) is 7.39. The summed E-state index contributed by atoms with van der Waals surface area (Å²) in [6.07, 6.45) is 5.54. The molecular formula is C16H18Cl2N2. The number of nitrogens with zero attached hydrogens (tertiary/aromatic N) is 2. The van der Waals surface area contributed by atoms with Crippen LogP contribution in [0.5, 0.6) is 0 Å². The Morgan fingerprint density at radius 1 is 1.40 bits per heavy atom. The molecule has 2 nitrogen and oxygen atoms in total. The first kappa shape index (κ1) is 13.0. The van der Waals surface area contributed by atoms with Crippen molar-refractivity contribution in [2.75, 3.05) is 0 Å². The minimum atomic E-state index is -0.0730. The van der Waals surface area contributed by atoms with Crippen LogP contribution in [0.2, 0.25) is 5.02 Å². The predicted octanol–water partition coefficient (Wildman–Crippen LogP) is 5.18. The third-order valence-electron chi connectivity index (χ3n) is 4.90. The van der Waals surface area contributed by atoms with E-state index in [0.29, 0.717) is 5.41 Å². The van der Waals surface area contributed by atoms with Crippen molar-refractivity contribution in [3.63, 3.8) is 0 Å². The van der Waals surface area contributed by atoms with Gasteiger partial charge in [0.15, 0.2) is 0 Å². The lowest BCUT2D eigenvalue weighted by Crippen LogP contribution is -2.16. The molecule has 0 radical (unpaired) electrons. The van der Waals surface area contributed by atoms with Crippen LogP contribution in [0.25, 0.3) is 11.0 Å².